The van der Waals surface area contributed by atoms with Crippen molar-refractivity contribution in [1.82, 2.24) is 19.1 Å². The Balaban J connectivity index is 1.94. The van der Waals surface area contributed by atoms with Crippen molar-refractivity contribution >= 4 is 11.2 Å². The van der Waals surface area contributed by atoms with Gasteiger partial charge in [0, 0.05) is 20.0 Å². The summed E-state index contributed by atoms with van der Waals surface area (Å²) in [7, 11) is 3.14. The Labute approximate surface area is 114 Å². The third-order valence-corrected chi connectivity index (χ3v) is 4.74. The molecule has 6 heteroatoms. The maximum absolute atomic E-state index is 12.2. The molecule has 0 unspecified atom stereocenters. The van der Waals surface area contributed by atoms with E-state index in [1.807, 2.05) is 0 Å². The molecule has 0 saturated heterocycles. The van der Waals surface area contributed by atoms with Crippen molar-refractivity contribution in [1.29, 1.82) is 0 Å². The van der Waals surface area contributed by atoms with Gasteiger partial charge in [0.15, 0.2) is 5.65 Å². The molecule has 0 amide bonds. The van der Waals surface area contributed by atoms with Crippen LogP contribution in [0.4, 0.5) is 0 Å². The summed E-state index contributed by atoms with van der Waals surface area (Å²) in [4.78, 5) is 31.8. The molecule has 2 bridgehead atoms. The van der Waals surface area contributed by atoms with Crippen LogP contribution in [0.15, 0.2) is 21.7 Å². The van der Waals surface area contributed by atoms with E-state index in [4.69, 9.17) is 0 Å². The Kier molecular flexibility index (Phi) is 2.17. The molecule has 2 aliphatic rings. The zero-order chi connectivity index (χ0) is 14.0. The van der Waals surface area contributed by atoms with E-state index in [-0.39, 0.29) is 11.2 Å². The van der Waals surface area contributed by atoms with Crippen molar-refractivity contribution in [2.24, 2.45) is 25.9 Å². The monoisotopic (exact) mass is 272 g/mol. The molecule has 2 aliphatic carbocycles. The summed E-state index contributed by atoms with van der Waals surface area (Å²) in [5, 5.41) is 0. The number of nitrogens with zero attached hydrogens (tertiary/aromatic N) is 3. The van der Waals surface area contributed by atoms with Crippen LogP contribution in [-0.4, -0.2) is 19.1 Å². The molecule has 6 nitrogen and oxygen atoms in total. The van der Waals surface area contributed by atoms with Crippen LogP contribution in [0.2, 0.25) is 0 Å². The maximum Gasteiger partial charge on any atom is 0.332 e. The van der Waals surface area contributed by atoms with Gasteiger partial charge >= 0.3 is 5.69 Å². The lowest BCUT2D eigenvalue weighted by molar-refractivity contribution is 0.559. The highest BCUT2D eigenvalue weighted by Crippen LogP contribution is 2.47. The first-order valence-corrected chi connectivity index (χ1v) is 6.90. The minimum absolute atomic E-state index is 0.305. The number of fused-ring (bicyclic) bond motifs is 3. The molecule has 0 aliphatic heterocycles. The lowest BCUT2D eigenvalue weighted by Crippen LogP contribution is -2.36. The fraction of sp³-hybridized carbons (Fsp3) is 0.500. The van der Waals surface area contributed by atoms with Crippen molar-refractivity contribution < 1.29 is 0 Å². The van der Waals surface area contributed by atoms with Gasteiger partial charge in [0.2, 0.25) is 0 Å². The molecule has 2 aromatic heterocycles. The van der Waals surface area contributed by atoms with Gasteiger partial charge < -0.3 is 4.98 Å². The number of aromatic amines is 1. The first-order valence-electron chi connectivity index (χ1n) is 6.90. The summed E-state index contributed by atoms with van der Waals surface area (Å²) in [6.45, 7) is 0. The van der Waals surface area contributed by atoms with E-state index in [1.54, 1.807) is 7.05 Å². The summed E-state index contributed by atoms with van der Waals surface area (Å²) in [6, 6.07) is 0. The number of rotatable bonds is 1. The molecule has 0 aromatic carbocycles. The van der Waals surface area contributed by atoms with E-state index in [0.717, 1.165) is 16.8 Å². The average Bonchev–Trinajstić information content (AvgIpc) is 3.15. The maximum atomic E-state index is 12.2. The molecule has 1 fully saturated rings. The lowest BCUT2D eigenvalue weighted by atomic mass is 9.93. The topological polar surface area (TPSA) is 72.7 Å². The number of H-pyrrole nitrogens is 1. The first kappa shape index (κ1) is 11.7. The number of hydrogen-bond donors (Lipinski definition) is 1. The zero-order valence-electron chi connectivity index (χ0n) is 11.5. The minimum Gasteiger partial charge on any atom is -0.336 e. The van der Waals surface area contributed by atoms with Gasteiger partial charge in [-0.15, -0.1) is 0 Å². The highest BCUT2D eigenvalue weighted by Gasteiger charge is 2.38. The van der Waals surface area contributed by atoms with Gasteiger partial charge in [-0.3, -0.25) is 13.9 Å². The molecule has 0 spiro atoms. The second-order valence-electron chi connectivity index (χ2n) is 5.91. The van der Waals surface area contributed by atoms with Crippen molar-refractivity contribution in [2.45, 2.75) is 18.8 Å². The van der Waals surface area contributed by atoms with Crippen LogP contribution < -0.4 is 11.2 Å². The summed E-state index contributed by atoms with van der Waals surface area (Å²) in [5.41, 5.74) is 0.241. The molecule has 104 valence electrons. The third-order valence-electron chi connectivity index (χ3n) is 4.74. The van der Waals surface area contributed by atoms with Gasteiger partial charge in [-0.2, -0.15) is 0 Å². The van der Waals surface area contributed by atoms with E-state index < -0.39 is 0 Å². The predicted octanol–water partition coefficient (Wildman–Crippen LogP) is 0.640. The highest BCUT2D eigenvalue weighted by atomic mass is 16.2. The van der Waals surface area contributed by atoms with Crippen LogP contribution in [-0.2, 0) is 14.1 Å². The molecule has 1 saturated carbocycles. The quantitative estimate of drug-likeness (QED) is 0.774. The molecule has 2 heterocycles. The van der Waals surface area contributed by atoms with Gasteiger partial charge in [-0.25, -0.2) is 9.78 Å². The Bertz CT molecular complexity index is 854. The SMILES string of the molecule is Cn1c(=O)c2[nH]c([C@@H]3C[C@H]4C=C[C@H]3C4)nc2n(C)c1=O. The smallest absolute Gasteiger partial charge is 0.332 e. The summed E-state index contributed by atoms with van der Waals surface area (Å²) < 4.78 is 2.55. The van der Waals surface area contributed by atoms with Gasteiger partial charge in [0.25, 0.3) is 5.56 Å². The molecule has 3 atom stereocenters. The Morgan fingerprint density at radius 3 is 2.65 bits per heavy atom. The van der Waals surface area contributed by atoms with Crippen molar-refractivity contribution in [2.75, 3.05) is 0 Å². The fourth-order valence-corrected chi connectivity index (χ4v) is 3.61. The first-order chi connectivity index (χ1) is 9.56. The number of nitrogens with one attached hydrogen (secondary N) is 1. The van der Waals surface area contributed by atoms with Gasteiger partial charge in [0.1, 0.15) is 11.3 Å². The standard InChI is InChI=1S/C14H16N4O2/c1-17-12-10(13(19)18(2)14(17)20)15-11(16-12)9-6-7-3-4-8(9)5-7/h3-4,7-9H,5-6H2,1-2H3,(H,15,16)/t7-,8-,9+/m0/s1. The van der Waals surface area contributed by atoms with E-state index >= 15 is 0 Å². The van der Waals surface area contributed by atoms with E-state index in [0.29, 0.717) is 28.9 Å². The molecule has 4 rings (SSSR count). The fourth-order valence-electron chi connectivity index (χ4n) is 3.61. The second kappa shape index (κ2) is 3.71. The molecule has 0 radical (unpaired) electrons. The van der Waals surface area contributed by atoms with Gasteiger partial charge in [-0.1, -0.05) is 12.2 Å². The van der Waals surface area contributed by atoms with Crippen molar-refractivity contribution in [3.63, 3.8) is 0 Å². The number of aromatic nitrogens is 4. The van der Waals surface area contributed by atoms with E-state index in [9.17, 15) is 9.59 Å². The molecular formula is C14H16N4O2. The Morgan fingerprint density at radius 1 is 1.20 bits per heavy atom. The summed E-state index contributed by atoms with van der Waals surface area (Å²) in [5.74, 6) is 2.35. The number of aryl methyl sites for hydroxylation is 1. The minimum atomic E-state index is -0.339. The number of hydrogen-bond acceptors (Lipinski definition) is 3. The lowest BCUT2D eigenvalue weighted by Gasteiger charge is -2.14. The van der Waals surface area contributed by atoms with Crippen LogP contribution >= 0.6 is 0 Å². The molecule has 2 aromatic rings. The van der Waals surface area contributed by atoms with E-state index in [1.165, 1.54) is 18.0 Å². The number of imidazole rings is 1. The average molecular weight is 272 g/mol. The normalized spacial score (nSPS) is 27.8. The molecule has 1 N–H and O–H groups in total. The second-order valence-corrected chi connectivity index (χ2v) is 5.91. The number of allylic oxidation sites excluding steroid dienone is 2. The highest BCUT2D eigenvalue weighted by molar-refractivity contribution is 5.69. The van der Waals surface area contributed by atoms with Crippen LogP contribution in [0, 0.1) is 11.8 Å². The molecule has 20 heavy (non-hydrogen) atoms. The van der Waals surface area contributed by atoms with Crippen LogP contribution in [0.25, 0.3) is 11.2 Å². The van der Waals surface area contributed by atoms with Crippen LogP contribution in [0.3, 0.4) is 0 Å². The Hall–Kier alpha value is -2.11. The van der Waals surface area contributed by atoms with Crippen LogP contribution in [0.1, 0.15) is 24.6 Å². The third kappa shape index (κ3) is 1.36. The largest absolute Gasteiger partial charge is 0.336 e. The van der Waals surface area contributed by atoms with Gasteiger partial charge in [0.05, 0.1) is 0 Å². The van der Waals surface area contributed by atoms with Crippen molar-refractivity contribution in [3.8, 4) is 0 Å². The zero-order valence-corrected chi connectivity index (χ0v) is 11.5. The van der Waals surface area contributed by atoms with E-state index in [2.05, 4.69) is 22.1 Å². The summed E-state index contributed by atoms with van der Waals surface area (Å²) in [6.07, 6.45) is 6.79. The predicted molar refractivity (Wildman–Crippen MR) is 74.7 cm³/mol. The summed E-state index contributed by atoms with van der Waals surface area (Å²) >= 11 is 0. The van der Waals surface area contributed by atoms with Gasteiger partial charge in [-0.05, 0) is 24.7 Å². The van der Waals surface area contributed by atoms with Crippen molar-refractivity contribution in [3.05, 3.63) is 38.8 Å². The molecular weight excluding hydrogens is 256 g/mol. The Morgan fingerprint density at radius 2 is 2.00 bits per heavy atom. The van der Waals surface area contributed by atoms with Crippen LogP contribution in [0.5, 0.6) is 0 Å².